The third kappa shape index (κ3) is 2.92. The van der Waals surface area contributed by atoms with Crippen LogP contribution in [0.15, 0.2) is 28.8 Å². The van der Waals surface area contributed by atoms with Crippen molar-refractivity contribution in [1.82, 2.24) is 20.4 Å². The molecule has 3 amide bonds. The molecule has 26 heavy (non-hydrogen) atoms. The number of carbonyl (C=O) groups is 2. The molecule has 0 bridgehead atoms. The van der Waals surface area contributed by atoms with Crippen LogP contribution in [-0.2, 0) is 22.3 Å². The first kappa shape index (κ1) is 17.6. The second kappa shape index (κ2) is 5.95. The molecule has 1 aromatic heterocycles. The molecular weight excluding hydrogens is 334 g/mol. The number of aromatic nitrogens is 2. The van der Waals surface area contributed by atoms with Crippen LogP contribution in [0.5, 0.6) is 0 Å². The summed E-state index contributed by atoms with van der Waals surface area (Å²) in [5, 5.41) is 15.5. The zero-order chi connectivity index (χ0) is 19.1. The Bertz CT molecular complexity index is 904. The molecule has 0 spiro atoms. The van der Waals surface area contributed by atoms with E-state index in [2.05, 4.69) is 15.5 Å². The maximum atomic E-state index is 12.9. The Hall–Kier alpha value is -3.21. The van der Waals surface area contributed by atoms with Crippen molar-refractivity contribution in [2.75, 3.05) is 0 Å². The average Bonchev–Trinajstić information content (AvgIpc) is 3.15. The van der Waals surface area contributed by atoms with Crippen LogP contribution in [0.1, 0.15) is 50.5 Å². The van der Waals surface area contributed by atoms with Crippen LogP contribution in [0, 0.1) is 11.3 Å². The van der Waals surface area contributed by atoms with E-state index in [1.165, 1.54) is 0 Å². The van der Waals surface area contributed by atoms with Gasteiger partial charge in [-0.25, -0.2) is 4.79 Å². The molecule has 0 aliphatic carbocycles. The van der Waals surface area contributed by atoms with Crippen molar-refractivity contribution >= 4 is 11.9 Å². The summed E-state index contributed by atoms with van der Waals surface area (Å²) in [5.74, 6) is 0.291. The molecule has 8 nitrogen and oxygen atoms in total. The highest BCUT2D eigenvalue weighted by atomic mass is 16.5. The summed E-state index contributed by atoms with van der Waals surface area (Å²) in [5.41, 5.74) is -0.432. The lowest BCUT2D eigenvalue weighted by atomic mass is 9.91. The molecule has 2 heterocycles. The molecule has 134 valence electrons. The fraction of sp³-hybridized carbons (Fsp3) is 0.389. The Morgan fingerprint density at radius 3 is 2.46 bits per heavy atom. The van der Waals surface area contributed by atoms with Gasteiger partial charge in [0.2, 0.25) is 5.89 Å². The van der Waals surface area contributed by atoms with Gasteiger partial charge in [0.05, 0.1) is 11.6 Å². The molecular formula is C18H19N5O3. The molecule has 1 atom stereocenters. The number of nitriles is 1. The van der Waals surface area contributed by atoms with Crippen molar-refractivity contribution in [3.05, 3.63) is 47.1 Å². The highest BCUT2D eigenvalue weighted by molar-refractivity contribution is 6.07. The normalized spacial score (nSPS) is 20.2. The van der Waals surface area contributed by atoms with Gasteiger partial charge < -0.3 is 9.84 Å². The molecule has 1 aliphatic rings. The average molecular weight is 353 g/mol. The Morgan fingerprint density at radius 1 is 1.27 bits per heavy atom. The third-order valence-corrected chi connectivity index (χ3v) is 4.30. The minimum Gasteiger partial charge on any atom is -0.337 e. The largest absolute Gasteiger partial charge is 0.337 e. The van der Waals surface area contributed by atoms with Crippen molar-refractivity contribution < 1.29 is 14.1 Å². The number of urea groups is 1. The Kier molecular flexibility index (Phi) is 4.03. The van der Waals surface area contributed by atoms with Crippen molar-refractivity contribution in [2.24, 2.45) is 0 Å². The second-order valence-electron chi connectivity index (χ2n) is 7.40. The fourth-order valence-corrected chi connectivity index (χ4v) is 2.67. The lowest BCUT2D eigenvalue weighted by Crippen LogP contribution is -2.40. The molecule has 1 saturated heterocycles. The summed E-state index contributed by atoms with van der Waals surface area (Å²) < 4.78 is 5.18. The minimum atomic E-state index is -1.21. The molecule has 1 unspecified atom stereocenters. The second-order valence-corrected chi connectivity index (χ2v) is 7.40. The van der Waals surface area contributed by atoms with Gasteiger partial charge in [-0.3, -0.25) is 9.69 Å². The molecule has 8 heteroatoms. The van der Waals surface area contributed by atoms with Crippen molar-refractivity contribution in [2.45, 2.75) is 45.2 Å². The molecule has 2 aromatic rings. The molecule has 0 radical (unpaired) electrons. The van der Waals surface area contributed by atoms with Crippen LogP contribution in [0.2, 0.25) is 0 Å². The van der Waals surface area contributed by atoms with Crippen LogP contribution in [0.25, 0.3) is 0 Å². The predicted molar refractivity (Wildman–Crippen MR) is 90.6 cm³/mol. The van der Waals surface area contributed by atoms with Crippen molar-refractivity contribution in [3.8, 4) is 6.07 Å². The van der Waals surface area contributed by atoms with E-state index in [9.17, 15) is 9.59 Å². The summed E-state index contributed by atoms with van der Waals surface area (Å²) in [6, 6.07) is 8.02. The van der Waals surface area contributed by atoms with Crippen LogP contribution >= 0.6 is 0 Å². The molecule has 1 N–H and O–H groups in total. The zero-order valence-corrected chi connectivity index (χ0v) is 15.0. The first-order chi connectivity index (χ1) is 12.1. The third-order valence-electron chi connectivity index (χ3n) is 4.30. The number of nitrogens with one attached hydrogen (secondary N) is 1. The molecule has 1 aromatic carbocycles. The highest BCUT2D eigenvalue weighted by Gasteiger charge is 2.49. The number of amides is 3. The smallest absolute Gasteiger partial charge is 0.325 e. The van der Waals surface area contributed by atoms with Gasteiger partial charge in [-0.05, 0) is 24.6 Å². The van der Waals surface area contributed by atoms with Gasteiger partial charge in [0.15, 0.2) is 5.82 Å². The predicted octanol–water partition coefficient (Wildman–Crippen LogP) is 2.21. The summed E-state index contributed by atoms with van der Waals surface area (Å²) in [7, 11) is 0. The number of hydrogen-bond acceptors (Lipinski definition) is 6. The maximum Gasteiger partial charge on any atom is 0.325 e. The number of carbonyl (C=O) groups excluding carboxylic acids is 2. The molecule has 3 rings (SSSR count). The van der Waals surface area contributed by atoms with E-state index in [1.807, 2.05) is 26.8 Å². The van der Waals surface area contributed by atoms with Crippen LogP contribution < -0.4 is 5.32 Å². The van der Waals surface area contributed by atoms with Gasteiger partial charge in [0.1, 0.15) is 12.1 Å². The van der Waals surface area contributed by atoms with E-state index >= 15 is 0 Å². The molecule has 1 aliphatic heterocycles. The summed E-state index contributed by atoms with van der Waals surface area (Å²) in [6.45, 7) is 7.36. The van der Waals surface area contributed by atoms with E-state index in [1.54, 1.807) is 31.2 Å². The van der Waals surface area contributed by atoms with Gasteiger partial charge >= 0.3 is 6.03 Å². The highest BCUT2D eigenvalue weighted by Crippen LogP contribution is 2.30. The number of rotatable bonds is 3. The monoisotopic (exact) mass is 353 g/mol. The minimum absolute atomic E-state index is 0.0976. The van der Waals surface area contributed by atoms with Crippen molar-refractivity contribution in [1.29, 1.82) is 5.26 Å². The lowest BCUT2D eigenvalue weighted by Gasteiger charge is -2.22. The Balaban J connectivity index is 1.84. The van der Waals surface area contributed by atoms with E-state index < -0.39 is 17.5 Å². The number of hydrogen-bond donors (Lipinski definition) is 1. The van der Waals surface area contributed by atoms with E-state index in [0.717, 1.165) is 4.90 Å². The van der Waals surface area contributed by atoms with Gasteiger partial charge in [-0.1, -0.05) is 38.1 Å². The van der Waals surface area contributed by atoms with E-state index in [0.29, 0.717) is 17.0 Å². The van der Waals surface area contributed by atoms with E-state index in [4.69, 9.17) is 9.78 Å². The topological polar surface area (TPSA) is 112 Å². The van der Waals surface area contributed by atoms with Crippen LogP contribution in [0.4, 0.5) is 4.79 Å². The molecule has 1 fully saturated rings. The SMILES string of the molecule is CC(C)(C)c1noc(CN2C(=O)NC(C)(c3ccc(C#N)cc3)C2=O)n1. The van der Waals surface area contributed by atoms with Gasteiger partial charge in [0, 0.05) is 5.41 Å². The number of nitrogens with zero attached hydrogens (tertiary/aromatic N) is 4. The van der Waals surface area contributed by atoms with Crippen LogP contribution in [-0.4, -0.2) is 27.0 Å². The first-order valence-electron chi connectivity index (χ1n) is 8.13. The Labute approximate surface area is 150 Å². The first-order valence-corrected chi connectivity index (χ1v) is 8.13. The Morgan fingerprint density at radius 2 is 1.92 bits per heavy atom. The zero-order valence-electron chi connectivity index (χ0n) is 15.0. The lowest BCUT2D eigenvalue weighted by molar-refractivity contribution is -0.131. The van der Waals surface area contributed by atoms with E-state index in [-0.39, 0.29) is 17.9 Å². The maximum absolute atomic E-state index is 12.9. The quantitative estimate of drug-likeness (QED) is 0.847. The number of imide groups is 1. The summed E-state index contributed by atoms with van der Waals surface area (Å²) in [4.78, 5) is 30.6. The number of benzene rings is 1. The van der Waals surface area contributed by atoms with Crippen molar-refractivity contribution in [3.63, 3.8) is 0 Å². The van der Waals surface area contributed by atoms with Gasteiger partial charge in [-0.15, -0.1) is 0 Å². The fourth-order valence-electron chi connectivity index (χ4n) is 2.67. The molecule has 0 saturated carbocycles. The standard InChI is InChI=1S/C18H19N5O3/c1-17(2,3)14-20-13(26-22-14)10-23-15(24)18(4,21-16(23)25)12-7-5-11(9-19)6-8-12/h5-8H,10H2,1-4H3,(H,21,25). The van der Waals surface area contributed by atoms with Gasteiger partial charge in [-0.2, -0.15) is 10.2 Å². The summed E-state index contributed by atoms with van der Waals surface area (Å²) >= 11 is 0. The van der Waals surface area contributed by atoms with Crippen LogP contribution in [0.3, 0.4) is 0 Å². The van der Waals surface area contributed by atoms with Gasteiger partial charge in [0.25, 0.3) is 5.91 Å². The summed E-state index contributed by atoms with van der Waals surface area (Å²) in [6.07, 6.45) is 0.